The Morgan fingerprint density at radius 1 is 0.871 bits per heavy atom. The highest BCUT2D eigenvalue weighted by molar-refractivity contribution is 5.83. The van der Waals surface area contributed by atoms with Crippen LogP contribution in [0.1, 0.15) is 29.2 Å². The van der Waals surface area contributed by atoms with Crippen LogP contribution >= 0.6 is 0 Å². The maximum absolute atomic E-state index is 6.24. The highest BCUT2D eigenvalue weighted by atomic mass is 16.5. The number of hydrogen-bond acceptors (Lipinski definition) is 3. The first-order valence-electron chi connectivity index (χ1n) is 10.9. The van der Waals surface area contributed by atoms with Crippen LogP contribution in [0.25, 0.3) is 10.9 Å². The first-order chi connectivity index (χ1) is 15.2. The van der Waals surface area contributed by atoms with Gasteiger partial charge >= 0.3 is 0 Å². The smallest absolute Gasteiger partial charge is 0.166 e. The van der Waals surface area contributed by atoms with Crippen molar-refractivity contribution in [3.05, 3.63) is 95.2 Å². The quantitative estimate of drug-likeness (QED) is 0.323. The molecule has 4 rings (SSSR count). The second kappa shape index (κ2) is 10.2. The Balaban J connectivity index is 1.40. The van der Waals surface area contributed by atoms with Gasteiger partial charge in [0, 0.05) is 29.2 Å². The Morgan fingerprint density at radius 3 is 2.55 bits per heavy atom. The maximum Gasteiger partial charge on any atom is 0.166 e. The molecule has 2 N–H and O–H groups in total. The fraction of sp³-hybridized carbons (Fsp3) is 0.259. The molecule has 4 heteroatoms. The van der Waals surface area contributed by atoms with Crippen LogP contribution in [-0.4, -0.2) is 18.1 Å². The van der Waals surface area contributed by atoms with Crippen molar-refractivity contribution in [2.24, 2.45) is 0 Å². The number of aryl methyl sites for hydroxylation is 1. The van der Waals surface area contributed by atoms with E-state index >= 15 is 0 Å². The summed E-state index contributed by atoms with van der Waals surface area (Å²) >= 11 is 0. The number of ether oxygens (including phenoxy) is 2. The monoisotopic (exact) mass is 414 g/mol. The lowest BCUT2D eigenvalue weighted by Crippen LogP contribution is -2.17. The minimum atomic E-state index is 0.521. The van der Waals surface area contributed by atoms with Crippen LogP contribution in [0.15, 0.2) is 72.9 Å². The van der Waals surface area contributed by atoms with E-state index < -0.39 is 0 Å². The summed E-state index contributed by atoms with van der Waals surface area (Å²) in [4.78, 5) is 3.35. The summed E-state index contributed by atoms with van der Waals surface area (Å²) in [6, 6.07) is 23.0. The molecule has 0 amide bonds. The third-order valence-electron chi connectivity index (χ3n) is 5.43. The van der Waals surface area contributed by atoms with Crippen LogP contribution in [0.3, 0.4) is 0 Å². The molecule has 0 unspecified atom stereocenters. The Hall–Kier alpha value is -3.24. The predicted molar refractivity (Wildman–Crippen MR) is 127 cm³/mol. The van der Waals surface area contributed by atoms with Crippen molar-refractivity contribution >= 4 is 10.9 Å². The Labute approximate surface area is 184 Å². The third kappa shape index (κ3) is 5.28. The summed E-state index contributed by atoms with van der Waals surface area (Å²) in [6.45, 7) is 6.83. The summed E-state index contributed by atoms with van der Waals surface area (Å²) in [5, 5.41) is 4.87. The van der Waals surface area contributed by atoms with Gasteiger partial charge in [0.05, 0.1) is 6.61 Å². The molecule has 0 aliphatic carbocycles. The van der Waals surface area contributed by atoms with Crippen molar-refractivity contribution in [3.63, 3.8) is 0 Å². The minimum Gasteiger partial charge on any atom is -0.490 e. The number of benzene rings is 3. The molecule has 0 fully saturated rings. The zero-order valence-corrected chi connectivity index (χ0v) is 18.3. The van der Waals surface area contributed by atoms with E-state index in [4.69, 9.17) is 9.47 Å². The van der Waals surface area contributed by atoms with Gasteiger partial charge in [-0.2, -0.15) is 0 Å². The zero-order valence-electron chi connectivity index (χ0n) is 18.3. The molecule has 0 aliphatic rings. The topological polar surface area (TPSA) is 46.3 Å². The molecule has 4 aromatic rings. The molecule has 0 bridgehead atoms. The molecule has 0 saturated carbocycles. The van der Waals surface area contributed by atoms with Crippen molar-refractivity contribution in [3.8, 4) is 11.5 Å². The predicted octanol–water partition coefficient (Wildman–Crippen LogP) is 5.79. The number of hydrogen-bond donors (Lipinski definition) is 2. The van der Waals surface area contributed by atoms with Crippen molar-refractivity contribution in [1.29, 1.82) is 0 Å². The summed E-state index contributed by atoms with van der Waals surface area (Å²) < 4.78 is 12.1. The second-order valence-corrected chi connectivity index (χ2v) is 7.74. The van der Waals surface area contributed by atoms with E-state index in [2.05, 4.69) is 78.0 Å². The van der Waals surface area contributed by atoms with Gasteiger partial charge in [-0.15, -0.1) is 0 Å². The van der Waals surface area contributed by atoms with Crippen molar-refractivity contribution in [2.45, 2.75) is 33.4 Å². The Bertz CT molecular complexity index is 1120. The second-order valence-electron chi connectivity index (χ2n) is 7.74. The fourth-order valence-electron chi connectivity index (χ4n) is 3.76. The van der Waals surface area contributed by atoms with Gasteiger partial charge in [-0.1, -0.05) is 60.2 Å². The van der Waals surface area contributed by atoms with Crippen LogP contribution in [0, 0.1) is 6.92 Å². The fourth-order valence-corrected chi connectivity index (χ4v) is 3.76. The van der Waals surface area contributed by atoms with E-state index in [0.29, 0.717) is 13.2 Å². The zero-order chi connectivity index (χ0) is 21.5. The van der Waals surface area contributed by atoms with Gasteiger partial charge in [0.25, 0.3) is 0 Å². The first-order valence-corrected chi connectivity index (χ1v) is 10.9. The third-order valence-corrected chi connectivity index (χ3v) is 5.43. The van der Waals surface area contributed by atoms with Gasteiger partial charge in [-0.3, -0.25) is 0 Å². The molecule has 0 atom stereocenters. The highest BCUT2D eigenvalue weighted by Crippen LogP contribution is 2.32. The lowest BCUT2D eigenvalue weighted by molar-refractivity contribution is 0.266. The van der Waals surface area contributed by atoms with E-state index in [9.17, 15) is 0 Å². The largest absolute Gasteiger partial charge is 0.490 e. The molecule has 0 radical (unpaired) electrons. The first kappa shape index (κ1) is 21.0. The van der Waals surface area contributed by atoms with Crippen LogP contribution in [-0.2, 0) is 19.6 Å². The van der Waals surface area contributed by atoms with Crippen LogP contribution in [0.4, 0.5) is 0 Å². The lowest BCUT2D eigenvalue weighted by Gasteiger charge is -2.16. The number of fused-ring (bicyclic) bond motifs is 1. The van der Waals surface area contributed by atoms with Gasteiger partial charge in [-0.05, 0) is 50.1 Å². The minimum absolute atomic E-state index is 0.521. The maximum atomic E-state index is 6.24. The highest BCUT2D eigenvalue weighted by Gasteiger charge is 2.12. The molecule has 0 saturated heterocycles. The molecule has 1 aromatic heterocycles. The number of aromatic nitrogens is 1. The Morgan fingerprint density at radius 2 is 1.71 bits per heavy atom. The van der Waals surface area contributed by atoms with Gasteiger partial charge < -0.3 is 19.8 Å². The summed E-state index contributed by atoms with van der Waals surface area (Å²) in [5.41, 5.74) is 6.03. The molecule has 4 nitrogen and oxygen atoms in total. The summed E-state index contributed by atoms with van der Waals surface area (Å²) in [6.07, 6.45) is 3.08. The number of nitrogens with one attached hydrogen (secondary N) is 2. The molecule has 0 aliphatic heterocycles. The average molecular weight is 415 g/mol. The standard InChI is InChI=1S/C27H30N2O2/c1-3-30-26-10-6-7-23(27(26)31-19-21-13-11-20(2)12-14-21)17-28-16-15-22-18-29-25-9-5-4-8-24(22)25/h4-14,18,28-29H,3,15-17,19H2,1-2H3. The lowest BCUT2D eigenvalue weighted by atomic mass is 10.1. The van der Waals surface area contributed by atoms with Gasteiger partial charge in [0.1, 0.15) is 6.61 Å². The number of rotatable bonds is 10. The molecule has 1 heterocycles. The molecule has 160 valence electrons. The van der Waals surface area contributed by atoms with Crippen LogP contribution in [0.2, 0.25) is 0 Å². The molecule has 0 spiro atoms. The van der Waals surface area contributed by atoms with E-state index in [1.165, 1.54) is 22.0 Å². The summed E-state index contributed by atoms with van der Waals surface area (Å²) in [5.74, 6) is 1.62. The normalized spacial score (nSPS) is 11.0. The van der Waals surface area contributed by atoms with Gasteiger partial charge in [0.2, 0.25) is 0 Å². The van der Waals surface area contributed by atoms with E-state index in [1.807, 2.05) is 19.1 Å². The molecule has 3 aromatic carbocycles. The van der Waals surface area contributed by atoms with Crippen molar-refractivity contribution in [1.82, 2.24) is 10.3 Å². The molecule has 31 heavy (non-hydrogen) atoms. The van der Waals surface area contributed by atoms with Gasteiger partial charge in [0.15, 0.2) is 11.5 Å². The molecular weight excluding hydrogens is 384 g/mol. The SMILES string of the molecule is CCOc1cccc(CNCCc2c[nH]c3ccccc23)c1OCc1ccc(C)cc1. The Kier molecular flexibility index (Phi) is 6.90. The van der Waals surface area contributed by atoms with E-state index in [1.54, 1.807) is 0 Å². The summed E-state index contributed by atoms with van der Waals surface area (Å²) in [7, 11) is 0. The number of H-pyrrole nitrogens is 1. The van der Waals surface area contributed by atoms with Crippen molar-refractivity contribution < 1.29 is 9.47 Å². The number of para-hydroxylation sites is 2. The van der Waals surface area contributed by atoms with Crippen molar-refractivity contribution in [2.75, 3.05) is 13.2 Å². The molecular formula is C27H30N2O2. The van der Waals surface area contributed by atoms with E-state index in [0.717, 1.165) is 42.1 Å². The number of aromatic amines is 1. The van der Waals surface area contributed by atoms with E-state index in [-0.39, 0.29) is 0 Å². The van der Waals surface area contributed by atoms with Gasteiger partial charge in [-0.25, -0.2) is 0 Å². The average Bonchev–Trinajstić information content (AvgIpc) is 3.20. The van der Waals surface area contributed by atoms with Crippen LogP contribution < -0.4 is 14.8 Å². The van der Waals surface area contributed by atoms with Crippen LogP contribution in [0.5, 0.6) is 11.5 Å².